The van der Waals surface area contributed by atoms with Gasteiger partial charge < -0.3 is 10.4 Å². The Bertz CT molecular complexity index is 1310. The molecule has 9 heteroatoms. The van der Waals surface area contributed by atoms with Crippen LogP contribution in [0.15, 0.2) is 67.3 Å². The average Bonchev–Trinajstić information content (AvgIpc) is 2.67. The molecule has 0 bridgehead atoms. The Balaban J connectivity index is 1.75. The molecule has 0 atom stereocenters. The first-order valence-corrected chi connectivity index (χ1v) is 10.5. The normalized spacial score (nSPS) is 11.3. The molecule has 0 fully saturated rings. The Morgan fingerprint density at radius 1 is 0.931 bits per heavy atom. The van der Waals surface area contributed by atoms with Crippen molar-refractivity contribution in [2.45, 2.75) is 0 Å². The number of aromatic nitrogens is 3. The summed E-state index contributed by atoms with van der Waals surface area (Å²) in [6, 6.07) is 14.1. The first-order valence-electron chi connectivity index (χ1n) is 8.61. The van der Waals surface area contributed by atoms with Crippen LogP contribution in [0.25, 0.3) is 22.0 Å². The number of nitrogens with one attached hydrogen (secondary N) is 2. The number of aromatic hydroxyl groups is 1. The van der Waals surface area contributed by atoms with E-state index in [1.807, 2.05) is 24.3 Å². The van der Waals surface area contributed by atoms with Crippen molar-refractivity contribution in [1.29, 1.82) is 0 Å². The summed E-state index contributed by atoms with van der Waals surface area (Å²) < 4.78 is 25.4. The molecule has 2 aromatic heterocycles. The van der Waals surface area contributed by atoms with Crippen molar-refractivity contribution in [3.8, 4) is 16.9 Å². The number of benzene rings is 2. The van der Waals surface area contributed by atoms with Gasteiger partial charge in [0, 0.05) is 28.9 Å². The van der Waals surface area contributed by atoms with Crippen molar-refractivity contribution in [3.05, 3.63) is 67.3 Å². The summed E-state index contributed by atoms with van der Waals surface area (Å²) in [4.78, 5) is 12.7. The van der Waals surface area contributed by atoms with Crippen LogP contribution in [0.2, 0.25) is 0 Å². The molecule has 0 spiro atoms. The molecule has 0 aliphatic carbocycles. The molecular formula is C20H17N5O3S. The Morgan fingerprint density at radius 2 is 1.79 bits per heavy atom. The first-order chi connectivity index (χ1) is 13.9. The van der Waals surface area contributed by atoms with Gasteiger partial charge in [-0.3, -0.25) is 9.71 Å². The van der Waals surface area contributed by atoms with Gasteiger partial charge in [0.2, 0.25) is 10.0 Å². The van der Waals surface area contributed by atoms with E-state index in [4.69, 9.17) is 0 Å². The lowest BCUT2D eigenvalue weighted by Gasteiger charge is -2.11. The summed E-state index contributed by atoms with van der Waals surface area (Å²) in [7, 11) is -3.40. The number of pyridine rings is 1. The maximum Gasteiger partial charge on any atom is 0.229 e. The Labute approximate surface area is 167 Å². The Kier molecular flexibility index (Phi) is 4.73. The van der Waals surface area contributed by atoms with Gasteiger partial charge in [-0.2, -0.15) is 0 Å². The van der Waals surface area contributed by atoms with Crippen molar-refractivity contribution in [2.24, 2.45) is 0 Å². The van der Waals surface area contributed by atoms with Gasteiger partial charge in [-0.1, -0.05) is 12.1 Å². The predicted molar refractivity (Wildman–Crippen MR) is 113 cm³/mol. The van der Waals surface area contributed by atoms with E-state index in [1.165, 1.54) is 12.5 Å². The second-order valence-corrected chi connectivity index (χ2v) is 8.21. The van der Waals surface area contributed by atoms with Gasteiger partial charge in [0.25, 0.3) is 0 Å². The minimum Gasteiger partial charge on any atom is -0.508 e. The molecule has 2 heterocycles. The number of anilines is 3. The zero-order valence-corrected chi connectivity index (χ0v) is 16.2. The van der Waals surface area contributed by atoms with Crippen LogP contribution in [0.4, 0.5) is 17.2 Å². The number of sulfonamides is 1. The fourth-order valence-electron chi connectivity index (χ4n) is 2.92. The molecule has 0 saturated carbocycles. The fourth-order valence-corrected chi connectivity index (χ4v) is 3.46. The fraction of sp³-hybridized carbons (Fsp3) is 0.0500. The van der Waals surface area contributed by atoms with Gasteiger partial charge >= 0.3 is 0 Å². The lowest BCUT2D eigenvalue weighted by atomic mass is 10.0. The van der Waals surface area contributed by atoms with Crippen molar-refractivity contribution in [2.75, 3.05) is 16.3 Å². The molecule has 0 aliphatic rings. The number of hydrogen-bond acceptors (Lipinski definition) is 7. The van der Waals surface area contributed by atoms with Crippen LogP contribution in [0.1, 0.15) is 0 Å². The quantitative estimate of drug-likeness (QED) is 0.463. The molecule has 4 rings (SSSR count). The van der Waals surface area contributed by atoms with E-state index >= 15 is 0 Å². The largest absolute Gasteiger partial charge is 0.508 e. The topological polar surface area (TPSA) is 117 Å². The molecule has 3 N–H and O–H groups in total. The smallest absolute Gasteiger partial charge is 0.229 e. The average molecular weight is 407 g/mol. The van der Waals surface area contributed by atoms with Crippen LogP contribution in [-0.4, -0.2) is 34.7 Å². The number of hydrogen-bond donors (Lipinski definition) is 3. The SMILES string of the molecule is CS(=O)(=O)Nc1cncc(-c2ccc3ncnc(Nc4cccc(O)c4)c3c2)c1. The van der Waals surface area contributed by atoms with E-state index in [1.54, 1.807) is 30.5 Å². The van der Waals surface area contributed by atoms with Crippen molar-refractivity contribution >= 4 is 38.1 Å². The lowest BCUT2D eigenvalue weighted by molar-refractivity contribution is 0.475. The van der Waals surface area contributed by atoms with Gasteiger partial charge in [0.1, 0.15) is 17.9 Å². The summed E-state index contributed by atoms with van der Waals surface area (Å²) in [6.07, 6.45) is 5.65. The van der Waals surface area contributed by atoms with Crippen LogP contribution < -0.4 is 10.0 Å². The van der Waals surface area contributed by atoms with E-state index in [0.29, 0.717) is 17.2 Å². The maximum absolute atomic E-state index is 11.5. The summed E-state index contributed by atoms with van der Waals surface area (Å²) in [5.41, 5.74) is 3.39. The van der Waals surface area contributed by atoms with Gasteiger partial charge in [0.05, 0.1) is 23.7 Å². The summed E-state index contributed by atoms with van der Waals surface area (Å²) in [6.45, 7) is 0. The van der Waals surface area contributed by atoms with Gasteiger partial charge in [-0.15, -0.1) is 0 Å². The molecule has 0 aliphatic heterocycles. The van der Waals surface area contributed by atoms with Crippen molar-refractivity contribution in [3.63, 3.8) is 0 Å². The van der Waals surface area contributed by atoms with Crippen molar-refractivity contribution in [1.82, 2.24) is 15.0 Å². The molecule has 0 unspecified atom stereocenters. The van der Waals surface area contributed by atoms with E-state index in [0.717, 1.165) is 28.3 Å². The maximum atomic E-state index is 11.5. The molecule has 4 aromatic rings. The van der Waals surface area contributed by atoms with E-state index < -0.39 is 10.0 Å². The van der Waals surface area contributed by atoms with Gasteiger partial charge in [0.15, 0.2) is 0 Å². The zero-order chi connectivity index (χ0) is 20.4. The Morgan fingerprint density at radius 3 is 2.59 bits per heavy atom. The van der Waals surface area contributed by atoms with E-state index in [2.05, 4.69) is 25.0 Å². The monoisotopic (exact) mass is 407 g/mol. The van der Waals surface area contributed by atoms with Crippen LogP contribution in [-0.2, 0) is 10.0 Å². The van der Waals surface area contributed by atoms with Crippen LogP contribution in [0, 0.1) is 0 Å². The lowest BCUT2D eigenvalue weighted by Crippen LogP contribution is -2.09. The number of phenolic OH excluding ortho intramolecular Hbond substituents is 1. The number of fused-ring (bicyclic) bond motifs is 1. The molecule has 146 valence electrons. The van der Waals surface area contributed by atoms with E-state index in [-0.39, 0.29) is 5.75 Å². The second-order valence-electron chi connectivity index (χ2n) is 6.47. The first kappa shape index (κ1) is 18.6. The van der Waals surface area contributed by atoms with Crippen LogP contribution >= 0.6 is 0 Å². The molecule has 8 nitrogen and oxygen atoms in total. The second kappa shape index (κ2) is 7.36. The predicted octanol–water partition coefficient (Wildman–Crippen LogP) is 3.51. The Hall–Kier alpha value is -3.72. The standard InChI is InChI=1S/C20H17N5O3S/c1-29(27,28)25-16-7-14(10-21-11-16)13-5-6-19-18(8-13)20(23-12-22-19)24-15-3-2-4-17(26)9-15/h2-12,25-26H,1H3,(H,22,23,24). The number of phenols is 1. The highest BCUT2D eigenvalue weighted by Crippen LogP contribution is 2.30. The minimum absolute atomic E-state index is 0.148. The molecule has 2 aromatic carbocycles. The third-order valence-electron chi connectivity index (χ3n) is 4.12. The molecule has 0 radical (unpaired) electrons. The summed E-state index contributed by atoms with van der Waals surface area (Å²) in [5.74, 6) is 0.733. The molecule has 0 saturated heterocycles. The minimum atomic E-state index is -3.40. The highest BCUT2D eigenvalue weighted by molar-refractivity contribution is 7.92. The third kappa shape index (κ3) is 4.41. The molecule has 29 heavy (non-hydrogen) atoms. The van der Waals surface area contributed by atoms with Crippen molar-refractivity contribution < 1.29 is 13.5 Å². The van der Waals surface area contributed by atoms with Gasteiger partial charge in [-0.25, -0.2) is 18.4 Å². The summed E-state index contributed by atoms with van der Waals surface area (Å²) in [5, 5.41) is 13.6. The molecular weight excluding hydrogens is 390 g/mol. The summed E-state index contributed by atoms with van der Waals surface area (Å²) >= 11 is 0. The zero-order valence-electron chi connectivity index (χ0n) is 15.4. The van der Waals surface area contributed by atoms with E-state index in [9.17, 15) is 13.5 Å². The number of rotatable bonds is 5. The third-order valence-corrected chi connectivity index (χ3v) is 4.73. The highest BCUT2D eigenvalue weighted by Gasteiger charge is 2.09. The molecule has 0 amide bonds. The highest BCUT2D eigenvalue weighted by atomic mass is 32.2. The number of nitrogens with zero attached hydrogens (tertiary/aromatic N) is 3. The van der Waals surface area contributed by atoms with Crippen LogP contribution in [0.3, 0.4) is 0 Å². The van der Waals surface area contributed by atoms with Crippen LogP contribution in [0.5, 0.6) is 5.75 Å². The van der Waals surface area contributed by atoms with Gasteiger partial charge in [-0.05, 0) is 35.9 Å².